The van der Waals surface area contributed by atoms with Crippen molar-refractivity contribution in [1.29, 1.82) is 0 Å². The molecule has 1 fully saturated rings. The lowest BCUT2D eigenvalue weighted by Crippen LogP contribution is -2.42. The second-order valence-corrected chi connectivity index (χ2v) is 8.34. The molecule has 3 heterocycles. The minimum absolute atomic E-state index is 0.115. The third kappa shape index (κ3) is 4.89. The highest BCUT2D eigenvalue weighted by atomic mass is 35.5. The van der Waals surface area contributed by atoms with Crippen LogP contribution in [0.15, 0.2) is 36.5 Å². The van der Waals surface area contributed by atoms with Crippen molar-refractivity contribution in [2.75, 3.05) is 13.1 Å². The van der Waals surface area contributed by atoms with Crippen molar-refractivity contribution in [3.63, 3.8) is 0 Å². The van der Waals surface area contributed by atoms with E-state index in [4.69, 9.17) is 11.6 Å². The van der Waals surface area contributed by atoms with Crippen LogP contribution >= 0.6 is 11.6 Å². The van der Waals surface area contributed by atoms with Crippen LogP contribution in [-0.2, 0) is 6.18 Å². The Bertz CT molecular complexity index is 1260. The first-order valence-corrected chi connectivity index (χ1v) is 10.8. The van der Waals surface area contributed by atoms with Crippen LogP contribution in [0, 0.1) is 6.92 Å². The van der Waals surface area contributed by atoms with E-state index in [1.54, 1.807) is 30.9 Å². The number of amides is 2. The van der Waals surface area contributed by atoms with E-state index >= 15 is 0 Å². The summed E-state index contributed by atoms with van der Waals surface area (Å²) in [5.74, 6) is 0.132. The average Bonchev–Trinajstić information content (AvgIpc) is 3.13. The highest BCUT2D eigenvalue weighted by molar-refractivity contribution is 6.31. The number of rotatable bonds is 5. The summed E-state index contributed by atoms with van der Waals surface area (Å²) in [6.45, 7) is 4.66. The van der Waals surface area contributed by atoms with Crippen molar-refractivity contribution >= 4 is 23.4 Å². The summed E-state index contributed by atoms with van der Waals surface area (Å²) in [4.78, 5) is 35.6. The minimum atomic E-state index is -4.65. The molecule has 0 unspecified atom stereocenters. The van der Waals surface area contributed by atoms with Gasteiger partial charge in [0.2, 0.25) is 0 Å². The van der Waals surface area contributed by atoms with Crippen LogP contribution in [0.1, 0.15) is 57.3 Å². The number of benzene rings is 1. The maximum Gasteiger partial charge on any atom is 0.416 e. The number of hydrogen-bond acceptors (Lipinski definition) is 5. The second-order valence-electron chi connectivity index (χ2n) is 7.90. The number of carbonyl (C=O) groups is 2. The van der Waals surface area contributed by atoms with E-state index in [1.165, 1.54) is 10.9 Å². The molecule has 4 rings (SSSR count). The molecule has 0 spiro atoms. The van der Waals surface area contributed by atoms with Gasteiger partial charge in [0.15, 0.2) is 11.6 Å². The number of likely N-dealkylation sites (tertiary alicyclic amines) is 1. The van der Waals surface area contributed by atoms with Gasteiger partial charge in [0.05, 0.1) is 11.6 Å². The molecule has 34 heavy (non-hydrogen) atoms. The van der Waals surface area contributed by atoms with Crippen LogP contribution in [-0.4, -0.2) is 49.6 Å². The Hall–Kier alpha value is -3.47. The molecule has 1 N–H and O–H groups in total. The molecule has 0 radical (unpaired) electrons. The highest BCUT2D eigenvalue weighted by Crippen LogP contribution is 2.32. The monoisotopic (exact) mass is 492 g/mol. The van der Waals surface area contributed by atoms with Crippen LogP contribution in [0.2, 0.25) is 5.02 Å². The summed E-state index contributed by atoms with van der Waals surface area (Å²) in [6, 6.07) is 5.08. The van der Waals surface area contributed by atoms with Gasteiger partial charge < -0.3 is 10.2 Å². The average molecular weight is 493 g/mol. The summed E-state index contributed by atoms with van der Waals surface area (Å²) in [7, 11) is 0. The summed E-state index contributed by atoms with van der Waals surface area (Å²) >= 11 is 5.79. The lowest BCUT2D eigenvalue weighted by Gasteiger charge is -2.30. The Morgan fingerprint density at radius 2 is 1.88 bits per heavy atom. The van der Waals surface area contributed by atoms with Gasteiger partial charge in [-0.15, -0.1) is 5.10 Å². The molecule has 178 valence electrons. The quantitative estimate of drug-likeness (QED) is 0.581. The number of alkyl halides is 3. The Morgan fingerprint density at radius 3 is 2.53 bits per heavy atom. The van der Waals surface area contributed by atoms with E-state index in [2.05, 4.69) is 20.4 Å². The number of pyridine rings is 1. The van der Waals surface area contributed by atoms with E-state index < -0.39 is 23.7 Å². The lowest BCUT2D eigenvalue weighted by atomic mass is 10.1. The Kier molecular flexibility index (Phi) is 6.30. The third-order valence-corrected chi connectivity index (χ3v) is 5.53. The van der Waals surface area contributed by atoms with Crippen LogP contribution in [0.25, 0.3) is 5.82 Å². The standard InChI is InChI=1S/C22H20ClF3N6O2/c1-12(28-20(33)15-8-16(22(24,25)26)11-17(23)9-15)19-29-13(2)30-32(19)18-10-14(4-5-27-18)21(34)31-6-3-7-31/h4-5,8-12H,3,6-7H2,1-2H3,(H,28,33)/t12-/m0/s1. The molecule has 2 aromatic heterocycles. The molecule has 1 saturated heterocycles. The zero-order valence-corrected chi connectivity index (χ0v) is 19.0. The SMILES string of the molecule is Cc1nc([C@H](C)NC(=O)c2cc(Cl)cc(C(F)(F)F)c2)n(-c2cc(C(=O)N3CCC3)ccn2)n1. The van der Waals surface area contributed by atoms with Gasteiger partial charge in [-0.1, -0.05) is 11.6 Å². The van der Waals surface area contributed by atoms with Crippen molar-refractivity contribution in [2.45, 2.75) is 32.5 Å². The molecule has 0 aliphatic carbocycles. The van der Waals surface area contributed by atoms with Crippen LogP contribution < -0.4 is 5.32 Å². The van der Waals surface area contributed by atoms with Gasteiger partial charge >= 0.3 is 6.18 Å². The first kappa shape index (κ1) is 23.7. The molecule has 3 aromatic rings. The molecule has 2 amide bonds. The van der Waals surface area contributed by atoms with Gasteiger partial charge in [0, 0.05) is 35.4 Å². The normalized spacial score (nSPS) is 14.5. The van der Waals surface area contributed by atoms with Gasteiger partial charge in [0.1, 0.15) is 5.82 Å². The maximum atomic E-state index is 13.1. The van der Waals surface area contributed by atoms with Gasteiger partial charge in [-0.05, 0) is 50.6 Å². The first-order valence-electron chi connectivity index (χ1n) is 10.4. The number of aromatic nitrogens is 4. The molecule has 1 aromatic carbocycles. The highest BCUT2D eigenvalue weighted by Gasteiger charge is 2.32. The van der Waals surface area contributed by atoms with Crippen LogP contribution in [0.4, 0.5) is 13.2 Å². The summed E-state index contributed by atoms with van der Waals surface area (Å²) in [5, 5.41) is 6.73. The fourth-order valence-corrected chi connectivity index (χ4v) is 3.71. The largest absolute Gasteiger partial charge is 0.416 e. The summed E-state index contributed by atoms with van der Waals surface area (Å²) in [5.41, 5.74) is -0.821. The van der Waals surface area contributed by atoms with Crippen molar-refractivity contribution in [3.05, 3.63) is 69.9 Å². The van der Waals surface area contributed by atoms with E-state index in [9.17, 15) is 22.8 Å². The number of nitrogens with zero attached hydrogens (tertiary/aromatic N) is 5. The van der Waals surface area contributed by atoms with E-state index in [-0.39, 0.29) is 16.5 Å². The predicted molar refractivity (Wildman–Crippen MR) is 117 cm³/mol. The zero-order chi connectivity index (χ0) is 24.6. The molecule has 0 bridgehead atoms. The van der Waals surface area contributed by atoms with Crippen LogP contribution in [0.5, 0.6) is 0 Å². The second kappa shape index (κ2) is 9.05. The number of aryl methyl sites for hydroxylation is 1. The molecule has 1 aliphatic rings. The molecular weight excluding hydrogens is 473 g/mol. The zero-order valence-electron chi connectivity index (χ0n) is 18.2. The molecule has 1 atom stereocenters. The molecule has 12 heteroatoms. The fourth-order valence-electron chi connectivity index (χ4n) is 3.48. The van der Waals surface area contributed by atoms with E-state index in [1.807, 2.05) is 0 Å². The third-order valence-electron chi connectivity index (χ3n) is 5.31. The van der Waals surface area contributed by atoms with Crippen molar-refractivity contribution < 1.29 is 22.8 Å². The first-order chi connectivity index (χ1) is 16.0. The smallest absolute Gasteiger partial charge is 0.342 e. The lowest BCUT2D eigenvalue weighted by molar-refractivity contribution is -0.137. The summed E-state index contributed by atoms with van der Waals surface area (Å²) in [6.07, 6.45) is -2.20. The molecular formula is C22H20ClF3N6O2. The van der Waals surface area contributed by atoms with Gasteiger partial charge in [-0.2, -0.15) is 17.9 Å². The van der Waals surface area contributed by atoms with Crippen molar-refractivity contribution in [2.24, 2.45) is 0 Å². The summed E-state index contributed by atoms with van der Waals surface area (Å²) < 4.78 is 40.7. The van der Waals surface area contributed by atoms with Crippen molar-refractivity contribution in [3.8, 4) is 5.82 Å². The molecule has 0 saturated carbocycles. The molecule has 1 aliphatic heterocycles. The molecule has 8 nitrogen and oxygen atoms in total. The van der Waals surface area contributed by atoms with Crippen molar-refractivity contribution in [1.82, 2.24) is 30.0 Å². The topological polar surface area (TPSA) is 93.0 Å². The number of hydrogen-bond donors (Lipinski definition) is 1. The minimum Gasteiger partial charge on any atom is -0.342 e. The Labute approximate surface area is 197 Å². The van der Waals surface area contributed by atoms with Gasteiger partial charge in [-0.3, -0.25) is 9.59 Å². The number of nitrogens with one attached hydrogen (secondary N) is 1. The van der Waals surface area contributed by atoms with Gasteiger partial charge in [-0.25, -0.2) is 9.97 Å². The van der Waals surface area contributed by atoms with E-state index in [0.717, 1.165) is 24.6 Å². The van der Waals surface area contributed by atoms with Crippen LogP contribution in [0.3, 0.4) is 0 Å². The van der Waals surface area contributed by atoms with E-state index in [0.29, 0.717) is 36.1 Å². The van der Waals surface area contributed by atoms with Gasteiger partial charge in [0.25, 0.3) is 11.8 Å². The number of halogens is 4. The Morgan fingerprint density at radius 1 is 1.15 bits per heavy atom. The fraction of sp³-hybridized carbons (Fsp3) is 0.318. The number of carbonyl (C=O) groups excluding carboxylic acids is 2. The Balaban J connectivity index is 1.59. The predicted octanol–water partition coefficient (Wildman–Crippen LogP) is 3.98. The maximum absolute atomic E-state index is 13.1.